The molecule has 0 bridgehead atoms. The van der Waals surface area contributed by atoms with E-state index in [2.05, 4.69) is 15.0 Å². The highest BCUT2D eigenvalue weighted by molar-refractivity contribution is 7.18. The van der Waals surface area contributed by atoms with Gasteiger partial charge in [0, 0.05) is 0 Å². The van der Waals surface area contributed by atoms with Crippen molar-refractivity contribution in [2.45, 2.75) is 6.54 Å². The van der Waals surface area contributed by atoms with E-state index < -0.39 is 12.0 Å². The Balaban J connectivity index is 1.92. The lowest BCUT2D eigenvalue weighted by atomic mass is 10.3. The van der Waals surface area contributed by atoms with Crippen molar-refractivity contribution in [1.82, 2.24) is 15.2 Å². The number of carbonyl (C=O) groups is 2. The number of hydrogen-bond acceptors (Lipinski definition) is 6. The van der Waals surface area contributed by atoms with Crippen molar-refractivity contribution in [3.8, 4) is 0 Å². The topological polar surface area (TPSA) is 71.5 Å². The summed E-state index contributed by atoms with van der Waals surface area (Å²) in [6, 6.07) is 7.89. The second-order valence-electron chi connectivity index (χ2n) is 4.29. The predicted molar refractivity (Wildman–Crippen MR) is 76.5 cm³/mol. The molecule has 106 valence electrons. The second-order valence-corrected chi connectivity index (χ2v) is 5.40. The van der Waals surface area contributed by atoms with E-state index in [9.17, 15) is 9.59 Å². The van der Waals surface area contributed by atoms with Crippen LogP contribution in [0.25, 0.3) is 10.2 Å². The number of hydrogen-bond donors (Lipinski definition) is 1. The zero-order valence-electron chi connectivity index (χ0n) is 11.3. The lowest BCUT2D eigenvalue weighted by Crippen LogP contribution is -2.38. The summed E-state index contributed by atoms with van der Waals surface area (Å²) in [5, 5.41) is 3.04. The summed E-state index contributed by atoms with van der Waals surface area (Å²) < 4.78 is 5.48. The Hall–Kier alpha value is -1.99. The molecule has 0 atom stereocenters. The molecule has 0 unspecified atom stereocenters. The maximum absolute atomic E-state index is 11.5. The summed E-state index contributed by atoms with van der Waals surface area (Å²) in [5.41, 5.74) is 0.958. The highest BCUT2D eigenvalue weighted by atomic mass is 32.1. The molecule has 0 fully saturated rings. The van der Waals surface area contributed by atoms with E-state index in [0.29, 0.717) is 6.54 Å². The molecule has 1 heterocycles. The highest BCUT2D eigenvalue weighted by Crippen LogP contribution is 2.22. The van der Waals surface area contributed by atoms with Crippen molar-refractivity contribution in [3.63, 3.8) is 0 Å². The van der Waals surface area contributed by atoms with Crippen molar-refractivity contribution in [2.75, 3.05) is 20.7 Å². The third-order valence-corrected chi connectivity index (χ3v) is 3.60. The van der Waals surface area contributed by atoms with Gasteiger partial charge in [-0.25, -0.2) is 9.78 Å². The van der Waals surface area contributed by atoms with Gasteiger partial charge in [0.15, 0.2) is 0 Å². The summed E-state index contributed by atoms with van der Waals surface area (Å²) in [4.78, 5) is 28.7. The number of carbonyl (C=O) groups excluding carboxylic acids is 2. The van der Waals surface area contributed by atoms with E-state index in [1.54, 1.807) is 23.3 Å². The van der Waals surface area contributed by atoms with Gasteiger partial charge in [0.05, 0.1) is 30.4 Å². The van der Waals surface area contributed by atoms with Crippen LogP contribution in [0, 0.1) is 0 Å². The molecule has 20 heavy (non-hydrogen) atoms. The summed E-state index contributed by atoms with van der Waals surface area (Å²) >= 11 is 1.59. The lowest BCUT2D eigenvalue weighted by molar-refractivity contribution is -0.121. The predicted octanol–water partition coefficient (Wildman–Crippen LogP) is 1.61. The van der Waals surface area contributed by atoms with Crippen molar-refractivity contribution in [3.05, 3.63) is 29.3 Å². The Morgan fingerprint density at radius 3 is 2.85 bits per heavy atom. The molecular formula is C13H15N3O3S. The number of rotatable bonds is 4. The average molecular weight is 293 g/mol. The first kappa shape index (κ1) is 14.4. The Labute approximate surface area is 120 Å². The van der Waals surface area contributed by atoms with Gasteiger partial charge in [-0.05, 0) is 19.2 Å². The Bertz CT molecular complexity index is 593. The van der Waals surface area contributed by atoms with Gasteiger partial charge in [0.25, 0.3) is 0 Å². The molecular weight excluding hydrogens is 278 g/mol. The van der Waals surface area contributed by atoms with E-state index in [4.69, 9.17) is 0 Å². The van der Waals surface area contributed by atoms with E-state index >= 15 is 0 Å². The van der Waals surface area contributed by atoms with Crippen LogP contribution >= 0.6 is 11.3 Å². The van der Waals surface area contributed by atoms with Gasteiger partial charge in [-0.3, -0.25) is 15.0 Å². The van der Waals surface area contributed by atoms with Crippen LogP contribution in [0.3, 0.4) is 0 Å². The largest absolute Gasteiger partial charge is 0.453 e. The summed E-state index contributed by atoms with van der Waals surface area (Å²) in [6.45, 7) is 0.652. The van der Waals surface area contributed by atoms with Crippen LogP contribution in [-0.4, -0.2) is 42.6 Å². The Morgan fingerprint density at radius 1 is 1.40 bits per heavy atom. The quantitative estimate of drug-likeness (QED) is 0.927. The number of nitrogens with zero attached hydrogens (tertiary/aromatic N) is 2. The molecule has 6 nitrogen and oxygen atoms in total. The summed E-state index contributed by atoms with van der Waals surface area (Å²) in [5.74, 6) is -0.402. The van der Waals surface area contributed by atoms with Gasteiger partial charge < -0.3 is 4.74 Å². The minimum Gasteiger partial charge on any atom is -0.453 e. The molecule has 2 amide bonds. The number of fused-ring (bicyclic) bond motifs is 1. The third-order valence-electron chi connectivity index (χ3n) is 2.58. The van der Waals surface area contributed by atoms with Gasteiger partial charge >= 0.3 is 6.09 Å². The van der Waals surface area contributed by atoms with Gasteiger partial charge in [-0.2, -0.15) is 0 Å². The molecule has 1 aromatic heterocycles. The molecule has 0 saturated heterocycles. The SMILES string of the molecule is COC(=O)NC(=O)CN(C)Cc1nc2ccccc2s1. The second kappa shape index (κ2) is 6.44. The number of alkyl carbamates (subject to hydrolysis) is 1. The molecule has 7 heteroatoms. The fourth-order valence-corrected chi connectivity index (χ4v) is 2.77. The number of aromatic nitrogens is 1. The molecule has 0 spiro atoms. The molecule has 0 aliphatic carbocycles. The first-order valence-corrected chi connectivity index (χ1v) is 6.81. The van der Waals surface area contributed by atoms with Gasteiger partial charge in [-0.15, -0.1) is 11.3 Å². The molecule has 2 aromatic rings. The molecule has 0 saturated carbocycles. The zero-order chi connectivity index (χ0) is 14.5. The van der Waals surface area contributed by atoms with E-state index in [-0.39, 0.29) is 6.54 Å². The molecule has 2 rings (SSSR count). The molecule has 1 aromatic carbocycles. The number of nitrogens with one attached hydrogen (secondary N) is 1. The van der Waals surface area contributed by atoms with Crippen LogP contribution in [0.4, 0.5) is 4.79 Å². The molecule has 0 aliphatic rings. The number of para-hydroxylation sites is 1. The first-order chi connectivity index (χ1) is 9.58. The standard InChI is InChI=1S/C13H15N3O3S/c1-16(7-11(17)15-13(18)19-2)8-12-14-9-5-3-4-6-10(9)20-12/h3-6H,7-8H2,1-2H3,(H,15,17,18). The monoisotopic (exact) mass is 293 g/mol. The lowest BCUT2D eigenvalue weighted by Gasteiger charge is -2.13. The van der Waals surface area contributed by atoms with Gasteiger partial charge in [0.2, 0.25) is 5.91 Å². The minimum atomic E-state index is -0.747. The average Bonchev–Trinajstić information content (AvgIpc) is 2.79. The fraction of sp³-hybridized carbons (Fsp3) is 0.308. The van der Waals surface area contributed by atoms with Crippen molar-refractivity contribution in [2.24, 2.45) is 0 Å². The first-order valence-electron chi connectivity index (χ1n) is 5.99. The van der Waals surface area contributed by atoms with Crippen LogP contribution in [0.2, 0.25) is 0 Å². The smallest absolute Gasteiger partial charge is 0.413 e. The van der Waals surface area contributed by atoms with E-state index in [1.807, 2.05) is 24.3 Å². The highest BCUT2D eigenvalue weighted by Gasteiger charge is 2.12. The Kier molecular flexibility index (Phi) is 4.65. The Morgan fingerprint density at radius 2 is 2.15 bits per heavy atom. The number of thiazole rings is 1. The van der Waals surface area contributed by atoms with E-state index in [0.717, 1.165) is 15.2 Å². The maximum atomic E-state index is 11.5. The van der Waals surface area contributed by atoms with Gasteiger partial charge in [0.1, 0.15) is 5.01 Å². The van der Waals surface area contributed by atoms with Crippen LogP contribution in [0.15, 0.2) is 24.3 Å². The number of likely N-dealkylation sites (N-methyl/N-ethyl adjacent to an activating group) is 1. The van der Waals surface area contributed by atoms with Gasteiger partial charge in [-0.1, -0.05) is 12.1 Å². The van der Waals surface area contributed by atoms with E-state index in [1.165, 1.54) is 7.11 Å². The summed E-state index contributed by atoms with van der Waals surface area (Å²) in [7, 11) is 3.01. The van der Waals surface area contributed by atoms with Crippen molar-refractivity contribution >= 4 is 33.6 Å². The van der Waals surface area contributed by atoms with Crippen LogP contribution in [0.5, 0.6) is 0 Å². The van der Waals surface area contributed by atoms with Crippen LogP contribution < -0.4 is 5.32 Å². The maximum Gasteiger partial charge on any atom is 0.413 e. The van der Waals surface area contributed by atoms with Crippen molar-refractivity contribution in [1.29, 1.82) is 0 Å². The fourth-order valence-electron chi connectivity index (χ4n) is 1.72. The number of amides is 2. The van der Waals surface area contributed by atoms with Crippen LogP contribution in [-0.2, 0) is 16.1 Å². The zero-order valence-corrected chi connectivity index (χ0v) is 12.1. The number of ether oxygens (including phenoxy) is 1. The normalized spacial score (nSPS) is 10.8. The number of methoxy groups -OCH3 is 1. The molecule has 0 aliphatic heterocycles. The summed E-state index contributed by atoms with van der Waals surface area (Å²) in [6.07, 6.45) is -0.747. The number of benzene rings is 1. The van der Waals surface area contributed by atoms with Crippen LogP contribution in [0.1, 0.15) is 5.01 Å². The number of imide groups is 1. The molecule has 0 radical (unpaired) electrons. The molecule has 1 N–H and O–H groups in total. The minimum absolute atomic E-state index is 0.102. The third kappa shape index (κ3) is 3.75. The van der Waals surface area contributed by atoms with Crippen molar-refractivity contribution < 1.29 is 14.3 Å².